The third kappa shape index (κ3) is 2.93. The molecule has 12 nitrogen and oxygen atoms in total. The molecule has 138 valence electrons. The average Bonchev–Trinajstić information content (AvgIpc) is 3.29. The number of carbonyl (C=O) groups excluding carboxylic acids is 1. The molecule has 0 bridgehead atoms. The highest BCUT2D eigenvalue weighted by Crippen LogP contribution is 2.30. The molecule has 0 fully saturated rings. The molecule has 0 atom stereocenters. The Morgan fingerprint density at radius 1 is 1.33 bits per heavy atom. The van der Waals surface area contributed by atoms with Crippen molar-refractivity contribution in [2.75, 3.05) is 0 Å². The molecule has 0 aliphatic carbocycles. The first-order valence-electron chi connectivity index (χ1n) is 7.73. The first kappa shape index (κ1) is 16.8. The van der Waals surface area contributed by atoms with E-state index in [2.05, 4.69) is 25.2 Å². The lowest BCUT2D eigenvalue weighted by atomic mass is 10.3. The highest BCUT2D eigenvalue weighted by molar-refractivity contribution is 7.19. The Morgan fingerprint density at radius 3 is 2.85 bits per heavy atom. The van der Waals surface area contributed by atoms with Crippen LogP contribution in [0.2, 0.25) is 0 Å². The van der Waals surface area contributed by atoms with Crippen molar-refractivity contribution in [2.45, 2.75) is 13.1 Å². The second-order valence-corrected chi connectivity index (χ2v) is 6.81. The number of fused-ring (bicyclic) bond motifs is 3. The second-order valence-electron chi connectivity index (χ2n) is 5.72. The van der Waals surface area contributed by atoms with Gasteiger partial charge in [0, 0.05) is 12.4 Å². The molecule has 13 heteroatoms. The molecule has 0 saturated heterocycles. The molecule has 4 heterocycles. The van der Waals surface area contributed by atoms with Crippen LogP contribution in [0.4, 0.5) is 4.79 Å². The molecule has 0 spiro atoms. The van der Waals surface area contributed by atoms with E-state index in [1.165, 1.54) is 17.7 Å². The van der Waals surface area contributed by atoms with Gasteiger partial charge in [0.2, 0.25) is 0 Å². The molecule has 0 radical (unpaired) electrons. The smallest absolute Gasteiger partial charge is 0.340 e. The lowest BCUT2D eigenvalue weighted by Gasteiger charge is -2.04. The van der Waals surface area contributed by atoms with Gasteiger partial charge in [-0.2, -0.15) is 15.2 Å². The number of hydrogen-bond donors (Lipinski definition) is 2. The van der Waals surface area contributed by atoms with Crippen molar-refractivity contribution >= 4 is 44.5 Å². The summed E-state index contributed by atoms with van der Waals surface area (Å²) in [5.74, 6) is -0.0966. The lowest BCUT2D eigenvalue weighted by Crippen LogP contribution is -2.31. The Balaban J connectivity index is 1.78. The van der Waals surface area contributed by atoms with Gasteiger partial charge in [0.15, 0.2) is 5.65 Å². The van der Waals surface area contributed by atoms with Gasteiger partial charge in [-0.25, -0.2) is 24.1 Å². The van der Waals surface area contributed by atoms with Crippen LogP contribution in [-0.4, -0.2) is 46.0 Å². The Bertz CT molecular complexity index is 1250. The third-order valence-corrected chi connectivity index (χ3v) is 4.96. The number of nitrogens with zero attached hydrogens (tertiary/aromatic N) is 8. The number of aryl methyl sites for hydroxylation is 1. The monoisotopic (exact) mass is 386 g/mol. The topological polar surface area (TPSA) is 165 Å². The highest BCUT2D eigenvalue weighted by atomic mass is 32.1. The standard InChI is InChI=1S/C14H14N10O2S/c1-22-10-7(2-18-24(13(10)25)3-8(15)20-14(16)26)11-12(22)21-9(27-11)4-23-6-17-5-19-23/h2,5-6H,3-4H2,1H3,(H4,15,16,20,26). The Hall–Kier alpha value is -3.61. The van der Waals surface area contributed by atoms with Crippen LogP contribution in [-0.2, 0) is 20.1 Å². The minimum absolute atomic E-state index is 0.0966. The van der Waals surface area contributed by atoms with Gasteiger partial charge >= 0.3 is 6.03 Å². The number of thiazole rings is 1. The normalized spacial score (nSPS) is 12.3. The second kappa shape index (κ2) is 6.28. The molecule has 2 amide bonds. The van der Waals surface area contributed by atoms with Crippen LogP contribution in [0, 0.1) is 0 Å². The molecular formula is C14H14N10O2S. The predicted molar refractivity (Wildman–Crippen MR) is 98.5 cm³/mol. The number of primary amides is 1. The first-order valence-corrected chi connectivity index (χ1v) is 8.54. The number of hydrogen-bond acceptors (Lipinski definition) is 7. The van der Waals surface area contributed by atoms with Crippen molar-refractivity contribution in [3.8, 4) is 0 Å². The van der Waals surface area contributed by atoms with Crippen molar-refractivity contribution in [1.29, 1.82) is 0 Å². The minimum atomic E-state index is -0.926. The fourth-order valence-corrected chi connectivity index (χ4v) is 3.89. The summed E-state index contributed by atoms with van der Waals surface area (Å²) in [6.45, 7) is 0.354. The van der Waals surface area contributed by atoms with Crippen LogP contribution in [0.5, 0.6) is 0 Å². The van der Waals surface area contributed by atoms with Gasteiger partial charge < -0.3 is 16.0 Å². The summed E-state index contributed by atoms with van der Waals surface area (Å²) in [5.41, 5.74) is 11.3. The quantitative estimate of drug-likeness (QED) is 0.350. The maximum Gasteiger partial charge on any atom is 0.340 e. The lowest BCUT2D eigenvalue weighted by molar-refractivity contribution is 0.256. The molecule has 4 rings (SSSR count). The Kier molecular flexibility index (Phi) is 3.92. The average molecular weight is 386 g/mol. The molecular weight excluding hydrogens is 372 g/mol. The van der Waals surface area contributed by atoms with Crippen molar-refractivity contribution in [3.05, 3.63) is 34.2 Å². The predicted octanol–water partition coefficient (Wildman–Crippen LogP) is -0.580. The zero-order chi connectivity index (χ0) is 19.1. The van der Waals surface area contributed by atoms with E-state index in [1.54, 1.807) is 28.8 Å². The van der Waals surface area contributed by atoms with Crippen LogP contribution in [0.15, 0.2) is 28.6 Å². The summed E-state index contributed by atoms with van der Waals surface area (Å²) < 4.78 is 5.38. The van der Waals surface area contributed by atoms with Gasteiger partial charge in [0.05, 0.1) is 17.4 Å². The number of amides is 2. The fourth-order valence-electron chi connectivity index (χ4n) is 2.80. The van der Waals surface area contributed by atoms with Gasteiger partial charge in [0.1, 0.15) is 35.6 Å². The number of aliphatic imine (C=N–C) groups is 1. The van der Waals surface area contributed by atoms with E-state index in [4.69, 9.17) is 11.5 Å². The number of rotatable bonds is 4. The Morgan fingerprint density at radius 2 is 2.15 bits per heavy atom. The van der Waals surface area contributed by atoms with Gasteiger partial charge in [-0.1, -0.05) is 0 Å². The molecule has 4 N–H and O–H groups in total. The van der Waals surface area contributed by atoms with Crippen LogP contribution < -0.4 is 17.0 Å². The molecule has 0 unspecified atom stereocenters. The number of amidine groups is 1. The van der Waals surface area contributed by atoms with Crippen molar-refractivity contribution in [1.82, 2.24) is 34.1 Å². The highest BCUT2D eigenvalue weighted by Gasteiger charge is 2.18. The van der Waals surface area contributed by atoms with Crippen LogP contribution in [0.1, 0.15) is 5.01 Å². The number of aromatic nitrogens is 7. The molecule has 0 saturated carbocycles. The molecule has 4 aromatic heterocycles. The van der Waals surface area contributed by atoms with E-state index in [9.17, 15) is 9.59 Å². The summed E-state index contributed by atoms with van der Waals surface area (Å²) in [5, 5.41) is 9.73. The zero-order valence-electron chi connectivity index (χ0n) is 14.1. The maximum absolute atomic E-state index is 12.8. The van der Waals surface area contributed by atoms with Gasteiger partial charge in [-0.3, -0.25) is 4.79 Å². The molecule has 0 aromatic carbocycles. The van der Waals surface area contributed by atoms with E-state index < -0.39 is 6.03 Å². The number of nitrogens with two attached hydrogens (primary N) is 2. The van der Waals surface area contributed by atoms with Crippen molar-refractivity contribution < 1.29 is 4.79 Å². The van der Waals surface area contributed by atoms with Gasteiger partial charge in [0.25, 0.3) is 5.56 Å². The first-order chi connectivity index (χ1) is 12.9. The van der Waals surface area contributed by atoms with Gasteiger partial charge in [-0.05, 0) is 0 Å². The number of urea groups is 1. The van der Waals surface area contributed by atoms with E-state index >= 15 is 0 Å². The number of carbonyl (C=O) groups is 1. The van der Waals surface area contributed by atoms with Crippen LogP contribution in [0.3, 0.4) is 0 Å². The summed E-state index contributed by atoms with van der Waals surface area (Å²) in [4.78, 5) is 35.5. The van der Waals surface area contributed by atoms with E-state index in [-0.39, 0.29) is 17.9 Å². The fraction of sp³-hybridized carbons (Fsp3) is 0.214. The van der Waals surface area contributed by atoms with E-state index in [0.29, 0.717) is 23.1 Å². The largest absolute Gasteiger partial charge is 0.385 e. The minimum Gasteiger partial charge on any atom is -0.385 e. The summed E-state index contributed by atoms with van der Waals surface area (Å²) in [6.07, 6.45) is 4.65. The van der Waals surface area contributed by atoms with Crippen LogP contribution >= 0.6 is 11.3 Å². The zero-order valence-corrected chi connectivity index (χ0v) is 14.9. The van der Waals surface area contributed by atoms with E-state index in [0.717, 1.165) is 14.4 Å². The van der Waals surface area contributed by atoms with Crippen molar-refractivity contribution in [3.63, 3.8) is 0 Å². The summed E-state index contributed by atoms with van der Waals surface area (Å²) in [6, 6.07) is -0.926. The van der Waals surface area contributed by atoms with E-state index in [1.807, 2.05) is 0 Å². The maximum atomic E-state index is 12.8. The molecule has 27 heavy (non-hydrogen) atoms. The third-order valence-electron chi connectivity index (χ3n) is 3.90. The summed E-state index contributed by atoms with van der Waals surface area (Å²) >= 11 is 1.46. The van der Waals surface area contributed by atoms with Crippen molar-refractivity contribution in [2.24, 2.45) is 23.5 Å². The molecule has 0 aliphatic heterocycles. The molecule has 0 aliphatic rings. The molecule has 4 aromatic rings. The van der Waals surface area contributed by atoms with Crippen LogP contribution in [0.25, 0.3) is 21.3 Å². The van der Waals surface area contributed by atoms with Gasteiger partial charge in [-0.15, -0.1) is 11.3 Å². The Labute approximate surface area is 154 Å². The SMILES string of the molecule is Cn1c2nc(Cn3cncn3)sc2c2cnn(C/C(N)=N/C(N)=O)c(=O)c21. The summed E-state index contributed by atoms with van der Waals surface area (Å²) in [7, 11) is 1.76.